The lowest BCUT2D eigenvalue weighted by Crippen LogP contribution is -2.35. The van der Waals surface area contributed by atoms with Crippen LogP contribution in [0.3, 0.4) is 0 Å². The van der Waals surface area contributed by atoms with Gasteiger partial charge in [-0.15, -0.1) is 0 Å². The van der Waals surface area contributed by atoms with Crippen molar-refractivity contribution in [2.45, 2.75) is 12.5 Å². The van der Waals surface area contributed by atoms with Gasteiger partial charge in [0, 0.05) is 13.0 Å². The Morgan fingerprint density at radius 3 is 2.31 bits per heavy atom. The summed E-state index contributed by atoms with van der Waals surface area (Å²) in [6.45, 7) is -0.247. The SMILES string of the molecule is NCCC(=O)C(CN)OS(=O)(=O)O. The molecule has 78 valence electrons. The zero-order chi connectivity index (χ0) is 10.5. The first-order valence-electron chi connectivity index (χ1n) is 3.49. The van der Waals surface area contributed by atoms with Gasteiger partial charge in [-0.2, -0.15) is 8.42 Å². The van der Waals surface area contributed by atoms with Crippen molar-refractivity contribution in [3.05, 3.63) is 0 Å². The Hall–Kier alpha value is -0.540. The lowest BCUT2D eigenvalue weighted by Gasteiger charge is -2.10. The Labute approximate surface area is 76.0 Å². The van der Waals surface area contributed by atoms with Gasteiger partial charge < -0.3 is 11.5 Å². The molecule has 1 unspecified atom stereocenters. The molecule has 0 saturated carbocycles. The smallest absolute Gasteiger partial charge is 0.330 e. The van der Waals surface area contributed by atoms with Crippen LogP contribution in [0.15, 0.2) is 0 Å². The molecule has 0 aromatic carbocycles. The summed E-state index contributed by atoms with van der Waals surface area (Å²) in [5.74, 6) is -0.553. The summed E-state index contributed by atoms with van der Waals surface area (Å²) < 4.78 is 32.7. The molecule has 0 radical (unpaired) electrons. The van der Waals surface area contributed by atoms with E-state index in [0.717, 1.165) is 0 Å². The summed E-state index contributed by atoms with van der Waals surface area (Å²) in [7, 11) is -4.64. The van der Waals surface area contributed by atoms with Crippen LogP contribution in [0.1, 0.15) is 6.42 Å². The van der Waals surface area contributed by atoms with Crippen LogP contribution >= 0.6 is 0 Å². The molecule has 0 fully saturated rings. The summed E-state index contributed by atoms with van der Waals surface area (Å²) in [6, 6.07) is 0. The van der Waals surface area contributed by atoms with Crippen LogP contribution in [0.25, 0.3) is 0 Å². The average Bonchev–Trinajstić information content (AvgIpc) is 1.99. The number of ketones is 1. The van der Waals surface area contributed by atoms with Gasteiger partial charge >= 0.3 is 10.4 Å². The van der Waals surface area contributed by atoms with E-state index in [9.17, 15) is 13.2 Å². The van der Waals surface area contributed by atoms with Crippen molar-refractivity contribution >= 4 is 16.2 Å². The first kappa shape index (κ1) is 12.5. The molecule has 0 aliphatic carbocycles. The van der Waals surface area contributed by atoms with Crippen molar-refractivity contribution < 1.29 is 21.9 Å². The van der Waals surface area contributed by atoms with Crippen molar-refractivity contribution in [3.8, 4) is 0 Å². The second kappa shape index (κ2) is 5.25. The predicted molar refractivity (Wildman–Crippen MR) is 44.2 cm³/mol. The van der Waals surface area contributed by atoms with E-state index < -0.39 is 22.3 Å². The fourth-order valence-corrected chi connectivity index (χ4v) is 1.15. The fraction of sp³-hybridized carbons (Fsp3) is 0.800. The highest BCUT2D eigenvalue weighted by Crippen LogP contribution is 1.99. The van der Waals surface area contributed by atoms with E-state index in [1.165, 1.54) is 0 Å². The van der Waals surface area contributed by atoms with Crippen molar-refractivity contribution in [3.63, 3.8) is 0 Å². The van der Waals surface area contributed by atoms with E-state index in [1.54, 1.807) is 0 Å². The van der Waals surface area contributed by atoms with Crippen LogP contribution in [0.2, 0.25) is 0 Å². The second-order valence-electron chi connectivity index (χ2n) is 2.25. The summed E-state index contributed by atoms with van der Waals surface area (Å²) in [5.41, 5.74) is 10.1. The van der Waals surface area contributed by atoms with Gasteiger partial charge in [-0.3, -0.25) is 9.35 Å². The predicted octanol–water partition coefficient (Wildman–Crippen LogP) is -1.95. The van der Waals surface area contributed by atoms with Crippen molar-refractivity contribution in [1.82, 2.24) is 0 Å². The Bertz CT molecular complexity index is 262. The molecule has 0 bridgehead atoms. The first-order chi connectivity index (χ1) is 5.90. The molecule has 0 spiro atoms. The quantitative estimate of drug-likeness (QED) is 0.436. The maximum atomic E-state index is 11.0. The Balaban J connectivity index is 4.27. The molecule has 8 heteroatoms. The molecule has 13 heavy (non-hydrogen) atoms. The number of Topliss-reactive ketones (excluding diaryl/α,β-unsaturated/α-hetero) is 1. The molecular weight excluding hydrogens is 200 g/mol. The topological polar surface area (TPSA) is 133 Å². The molecule has 0 amide bonds. The number of carbonyl (C=O) groups excluding carboxylic acids is 1. The summed E-state index contributed by atoms with van der Waals surface area (Å²) >= 11 is 0. The van der Waals surface area contributed by atoms with E-state index in [0.29, 0.717) is 0 Å². The molecule has 0 saturated heterocycles. The molecule has 0 aliphatic rings. The van der Waals surface area contributed by atoms with Gasteiger partial charge in [-0.1, -0.05) is 0 Å². The third kappa shape index (κ3) is 5.66. The lowest BCUT2D eigenvalue weighted by atomic mass is 10.2. The molecule has 0 aromatic rings. The third-order valence-corrected chi connectivity index (χ3v) is 1.68. The van der Waals surface area contributed by atoms with Gasteiger partial charge in [0.2, 0.25) is 0 Å². The molecule has 5 N–H and O–H groups in total. The first-order valence-corrected chi connectivity index (χ1v) is 4.85. The van der Waals surface area contributed by atoms with Crippen molar-refractivity contribution in [1.29, 1.82) is 0 Å². The minimum Gasteiger partial charge on any atom is -0.330 e. The van der Waals surface area contributed by atoms with Gasteiger partial charge in [-0.25, -0.2) is 4.18 Å². The summed E-state index contributed by atoms with van der Waals surface area (Å²) in [5, 5.41) is 0. The zero-order valence-electron chi connectivity index (χ0n) is 6.84. The average molecular weight is 212 g/mol. The third-order valence-electron chi connectivity index (χ3n) is 1.20. The molecule has 0 heterocycles. The van der Waals surface area contributed by atoms with Gasteiger partial charge in [0.15, 0.2) is 5.78 Å². The van der Waals surface area contributed by atoms with E-state index in [2.05, 4.69) is 4.18 Å². The van der Waals surface area contributed by atoms with Gasteiger partial charge in [0.25, 0.3) is 0 Å². The molecule has 1 atom stereocenters. The Morgan fingerprint density at radius 1 is 1.46 bits per heavy atom. The highest BCUT2D eigenvalue weighted by molar-refractivity contribution is 7.80. The van der Waals surface area contributed by atoms with Crippen LogP contribution < -0.4 is 11.5 Å². The van der Waals surface area contributed by atoms with E-state index in [4.69, 9.17) is 16.0 Å². The van der Waals surface area contributed by atoms with Gasteiger partial charge in [0.05, 0.1) is 0 Å². The molecule has 0 aromatic heterocycles. The largest absolute Gasteiger partial charge is 0.398 e. The fourth-order valence-electron chi connectivity index (χ4n) is 0.674. The number of nitrogens with two attached hydrogens (primary N) is 2. The highest BCUT2D eigenvalue weighted by Gasteiger charge is 2.22. The summed E-state index contributed by atoms with van der Waals surface area (Å²) in [4.78, 5) is 11.0. The standard InChI is InChI=1S/C5H12N2O5S/c6-2-1-4(8)5(3-7)12-13(9,10)11/h5H,1-3,6-7H2,(H,9,10,11). The van der Waals surface area contributed by atoms with E-state index in [-0.39, 0.29) is 19.5 Å². The molecule has 7 nitrogen and oxygen atoms in total. The minimum atomic E-state index is -4.64. The molecular formula is C5H12N2O5S. The second-order valence-corrected chi connectivity index (χ2v) is 3.30. The van der Waals surface area contributed by atoms with Crippen LogP contribution in [-0.4, -0.2) is 37.9 Å². The number of rotatable bonds is 6. The van der Waals surface area contributed by atoms with Crippen LogP contribution in [0.4, 0.5) is 0 Å². The normalized spacial score (nSPS) is 14.1. The van der Waals surface area contributed by atoms with Crippen LogP contribution in [-0.2, 0) is 19.4 Å². The number of carbonyl (C=O) groups is 1. The van der Waals surface area contributed by atoms with Crippen LogP contribution in [0, 0.1) is 0 Å². The molecule has 0 rings (SSSR count). The zero-order valence-corrected chi connectivity index (χ0v) is 7.66. The van der Waals surface area contributed by atoms with Crippen LogP contribution in [0.5, 0.6) is 0 Å². The maximum absolute atomic E-state index is 11.0. The summed E-state index contributed by atoms with van der Waals surface area (Å²) in [6.07, 6.45) is -1.39. The molecule has 0 aliphatic heterocycles. The monoisotopic (exact) mass is 212 g/mol. The van der Waals surface area contributed by atoms with Crippen molar-refractivity contribution in [2.24, 2.45) is 11.5 Å². The maximum Gasteiger partial charge on any atom is 0.398 e. The number of hydrogen-bond acceptors (Lipinski definition) is 6. The van der Waals surface area contributed by atoms with Crippen molar-refractivity contribution in [2.75, 3.05) is 13.1 Å². The lowest BCUT2D eigenvalue weighted by molar-refractivity contribution is -0.125. The number of hydrogen-bond donors (Lipinski definition) is 3. The Kier molecular flexibility index (Phi) is 5.03. The van der Waals surface area contributed by atoms with E-state index >= 15 is 0 Å². The Morgan fingerprint density at radius 2 is 2.00 bits per heavy atom. The minimum absolute atomic E-state index is 0.0443. The van der Waals surface area contributed by atoms with Gasteiger partial charge in [-0.05, 0) is 6.54 Å². The highest BCUT2D eigenvalue weighted by atomic mass is 32.3. The van der Waals surface area contributed by atoms with Gasteiger partial charge in [0.1, 0.15) is 6.10 Å². The van der Waals surface area contributed by atoms with E-state index in [1.807, 2.05) is 0 Å².